The number of fused-ring (bicyclic) bond motifs is 4. The second-order valence-electron chi connectivity index (χ2n) is 14.1. The number of carboxylic acids is 1. The van der Waals surface area contributed by atoms with Gasteiger partial charge in [-0.2, -0.15) is 4.98 Å². The summed E-state index contributed by atoms with van der Waals surface area (Å²) in [6.45, 7) is 3.26. The van der Waals surface area contributed by atoms with Crippen molar-refractivity contribution in [1.29, 1.82) is 0 Å². The summed E-state index contributed by atoms with van der Waals surface area (Å²) in [6.07, 6.45) is 4.05. The molecule has 0 radical (unpaired) electrons. The lowest BCUT2D eigenvalue weighted by atomic mass is 9.94. The number of aromatic amines is 1. The van der Waals surface area contributed by atoms with Crippen LogP contribution >= 0.6 is 0 Å². The van der Waals surface area contributed by atoms with Gasteiger partial charge in [-0.15, -0.1) is 0 Å². The number of nitrogens with two attached hydrogens (primary N) is 2. The van der Waals surface area contributed by atoms with Crippen LogP contribution in [0.1, 0.15) is 72.0 Å². The number of unbranched alkanes of at least 4 members (excludes halogenated alkanes) is 1. The van der Waals surface area contributed by atoms with Gasteiger partial charge < -0.3 is 31.8 Å². The van der Waals surface area contributed by atoms with Gasteiger partial charge in [0, 0.05) is 49.0 Å². The molecular formula is C42H43N11O5. The summed E-state index contributed by atoms with van der Waals surface area (Å²) < 4.78 is 2.23. The van der Waals surface area contributed by atoms with Crippen molar-refractivity contribution in [3.8, 4) is 0 Å². The van der Waals surface area contributed by atoms with E-state index in [1.807, 2.05) is 48.5 Å². The molecule has 0 spiro atoms. The number of carbonyl (C=O) groups excluding carboxylic acids is 2. The first-order chi connectivity index (χ1) is 28.1. The van der Waals surface area contributed by atoms with Crippen molar-refractivity contribution in [2.45, 2.75) is 65.1 Å². The Morgan fingerprint density at radius 1 is 0.897 bits per heavy atom. The van der Waals surface area contributed by atoms with Crippen molar-refractivity contribution in [3.63, 3.8) is 0 Å². The Bertz CT molecular complexity index is 2690. The zero-order chi connectivity index (χ0) is 40.8. The molecule has 8 N–H and O–H groups in total. The summed E-state index contributed by atoms with van der Waals surface area (Å²) in [5.74, 6) is -1.49. The molecule has 0 saturated heterocycles. The van der Waals surface area contributed by atoms with Crippen LogP contribution in [0.2, 0.25) is 0 Å². The van der Waals surface area contributed by atoms with E-state index in [-0.39, 0.29) is 61.2 Å². The lowest BCUT2D eigenvalue weighted by molar-refractivity contribution is -0.142. The number of amides is 1. The number of aryl methyl sites for hydroxylation is 1. The molecular weight excluding hydrogens is 739 g/mol. The minimum Gasteiger partial charge on any atom is -0.481 e. The number of pyridine rings is 1. The lowest BCUT2D eigenvalue weighted by Gasteiger charge is -2.13. The maximum atomic E-state index is 13.1. The van der Waals surface area contributed by atoms with Gasteiger partial charge in [0.15, 0.2) is 22.8 Å². The molecule has 0 saturated carbocycles. The van der Waals surface area contributed by atoms with E-state index in [1.54, 1.807) is 24.3 Å². The first kappa shape index (κ1) is 39.0. The predicted octanol–water partition coefficient (Wildman–Crippen LogP) is 5.15. The number of H-pyrrole nitrogens is 1. The van der Waals surface area contributed by atoms with E-state index in [1.165, 1.54) is 6.20 Å². The van der Waals surface area contributed by atoms with Crippen molar-refractivity contribution in [3.05, 3.63) is 118 Å². The van der Waals surface area contributed by atoms with E-state index >= 15 is 0 Å². The first-order valence-electron chi connectivity index (χ1n) is 19.1. The summed E-state index contributed by atoms with van der Waals surface area (Å²) >= 11 is 0. The quantitative estimate of drug-likeness (QED) is 0.0655. The van der Waals surface area contributed by atoms with Crippen LogP contribution in [0.15, 0.2) is 83.8 Å². The van der Waals surface area contributed by atoms with Gasteiger partial charge >= 0.3 is 5.97 Å². The number of imidazole rings is 1. The Labute approximate surface area is 332 Å². The highest BCUT2D eigenvalue weighted by Gasteiger charge is 2.23. The monoisotopic (exact) mass is 781 g/mol. The molecule has 1 amide bonds. The highest BCUT2D eigenvalue weighted by atomic mass is 16.4. The molecule has 0 aliphatic carbocycles. The summed E-state index contributed by atoms with van der Waals surface area (Å²) in [7, 11) is 0. The topological polar surface area (TPSA) is 250 Å². The number of carboxylic acid groups (broad SMARTS) is 1. The molecule has 4 aromatic heterocycles. The molecule has 16 nitrogen and oxygen atoms in total. The number of nitrogens with zero attached hydrogens (tertiary/aromatic N) is 6. The smallest absolute Gasteiger partial charge is 0.306 e. The van der Waals surface area contributed by atoms with Crippen LogP contribution in [-0.4, -0.2) is 57.2 Å². The minimum atomic E-state index is -1.14. The number of nitrogens with one attached hydrogen (secondary N) is 3. The Kier molecular flexibility index (Phi) is 11.6. The molecule has 0 bridgehead atoms. The van der Waals surface area contributed by atoms with E-state index in [0.717, 1.165) is 52.6 Å². The van der Waals surface area contributed by atoms with Gasteiger partial charge in [0.1, 0.15) is 11.3 Å². The number of rotatable bonds is 17. The van der Waals surface area contributed by atoms with Gasteiger partial charge in [0.05, 0.1) is 35.4 Å². The number of aromatic nitrogens is 7. The van der Waals surface area contributed by atoms with E-state index in [0.29, 0.717) is 34.8 Å². The molecule has 1 unspecified atom stereocenters. The first-order valence-corrected chi connectivity index (χ1v) is 19.1. The molecule has 4 heterocycles. The van der Waals surface area contributed by atoms with Gasteiger partial charge in [-0.25, -0.2) is 19.9 Å². The number of para-hydroxylation sites is 1. The van der Waals surface area contributed by atoms with Crippen LogP contribution in [0, 0.1) is 5.92 Å². The van der Waals surface area contributed by atoms with Crippen molar-refractivity contribution < 1.29 is 19.5 Å². The molecule has 7 aromatic rings. The van der Waals surface area contributed by atoms with Crippen LogP contribution < -0.4 is 27.7 Å². The number of anilines is 3. The van der Waals surface area contributed by atoms with E-state index in [2.05, 4.69) is 47.0 Å². The van der Waals surface area contributed by atoms with Crippen LogP contribution in [0.3, 0.4) is 0 Å². The average Bonchev–Trinajstić information content (AvgIpc) is 3.59. The van der Waals surface area contributed by atoms with Gasteiger partial charge in [0.25, 0.3) is 5.56 Å². The Morgan fingerprint density at radius 2 is 1.66 bits per heavy atom. The number of hydrogen-bond acceptors (Lipinski definition) is 12. The standard InChI is InChI=1S/C42H43N11O5/c1-2-3-8-33-50-35-37(30-6-4-5-7-31(30)49-38(35)43)53(33)23-25-11-9-24(10-12-25)20-46-34(55)18-15-27(41(57)58)19-32(54)26-13-16-28(17-14-26)45-21-29-22-47-39-36(48-29)40(56)52-42(44)51-39/h4-7,9-14,16-17,22,27,45H,2-3,8,15,18-21,23H2,1H3,(H2,43,49)(H,46,55)(H,57,58)(H3,44,47,51,52,56). The normalized spacial score (nSPS) is 11.9. The summed E-state index contributed by atoms with van der Waals surface area (Å²) in [4.78, 5) is 74.4. The number of Topliss-reactive ketones (excluding diaryl/α,β-unsaturated/α-hetero) is 1. The molecule has 58 heavy (non-hydrogen) atoms. The predicted molar refractivity (Wildman–Crippen MR) is 221 cm³/mol. The number of carbonyl (C=O) groups is 3. The number of aliphatic carboxylic acids is 1. The molecule has 0 aliphatic rings. The van der Waals surface area contributed by atoms with E-state index in [4.69, 9.17) is 16.5 Å². The highest BCUT2D eigenvalue weighted by molar-refractivity contribution is 6.06. The van der Waals surface area contributed by atoms with Crippen molar-refractivity contribution in [2.24, 2.45) is 5.92 Å². The fourth-order valence-corrected chi connectivity index (χ4v) is 6.82. The fraction of sp³-hybridized carbons (Fsp3) is 0.262. The van der Waals surface area contributed by atoms with Gasteiger partial charge in [0.2, 0.25) is 11.9 Å². The molecule has 0 fully saturated rings. The molecule has 296 valence electrons. The second-order valence-corrected chi connectivity index (χ2v) is 14.1. The van der Waals surface area contributed by atoms with Gasteiger partial charge in [-0.05, 0) is 54.3 Å². The number of nitrogen functional groups attached to an aromatic ring is 2. The van der Waals surface area contributed by atoms with Crippen molar-refractivity contribution in [1.82, 2.24) is 39.8 Å². The Morgan fingerprint density at radius 3 is 2.41 bits per heavy atom. The maximum absolute atomic E-state index is 13.1. The zero-order valence-electron chi connectivity index (χ0n) is 31.9. The van der Waals surface area contributed by atoms with Crippen LogP contribution in [0.4, 0.5) is 17.5 Å². The maximum Gasteiger partial charge on any atom is 0.306 e. The third-order valence-electron chi connectivity index (χ3n) is 9.96. The summed E-state index contributed by atoms with van der Waals surface area (Å²) in [5.41, 5.74) is 17.6. The molecule has 0 aliphatic heterocycles. The van der Waals surface area contributed by atoms with Crippen LogP contribution in [0.25, 0.3) is 33.1 Å². The van der Waals surface area contributed by atoms with Crippen LogP contribution in [-0.2, 0) is 35.6 Å². The molecule has 16 heteroatoms. The number of ketones is 1. The molecule has 3 aromatic carbocycles. The highest BCUT2D eigenvalue weighted by Crippen LogP contribution is 2.30. The summed E-state index contributed by atoms with van der Waals surface area (Å²) in [5, 5.41) is 16.9. The fourth-order valence-electron chi connectivity index (χ4n) is 6.82. The Balaban J connectivity index is 0.904. The zero-order valence-corrected chi connectivity index (χ0v) is 31.9. The van der Waals surface area contributed by atoms with E-state index in [9.17, 15) is 24.3 Å². The number of benzene rings is 3. The Hall–Kier alpha value is -7.23. The van der Waals surface area contributed by atoms with Gasteiger partial charge in [-0.1, -0.05) is 55.8 Å². The largest absolute Gasteiger partial charge is 0.481 e. The molecule has 7 rings (SSSR count). The van der Waals surface area contributed by atoms with E-state index < -0.39 is 17.4 Å². The van der Waals surface area contributed by atoms with Crippen molar-refractivity contribution >= 4 is 68.2 Å². The van der Waals surface area contributed by atoms with Crippen molar-refractivity contribution in [2.75, 3.05) is 16.8 Å². The third-order valence-corrected chi connectivity index (χ3v) is 9.96. The summed E-state index contributed by atoms with van der Waals surface area (Å²) in [6, 6.07) is 22.5. The number of hydrogen-bond donors (Lipinski definition) is 6. The van der Waals surface area contributed by atoms with Gasteiger partial charge in [-0.3, -0.25) is 24.2 Å². The third kappa shape index (κ3) is 8.91. The molecule has 1 atom stereocenters. The average molecular weight is 782 g/mol. The van der Waals surface area contributed by atoms with Crippen LogP contribution in [0.5, 0.6) is 0 Å². The SMILES string of the molecule is CCCCc1nc2c(N)nc3ccccc3c2n1Cc1ccc(CNC(=O)CCC(CC(=O)c2ccc(NCc3cnc4nc(N)[nH]c(=O)c4n3)cc2)C(=O)O)cc1. The lowest BCUT2D eigenvalue weighted by Crippen LogP contribution is -2.25. The minimum absolute atomic E-state index is 0.0111. The second kappa shape index (κ2) is 17.3.